The Kier molecular flexibility index (Phi) is 2.48. The van der Waals surface area contributed by atoms with Crippen LogP contribution >= 0.6 is 0 Å². The van der Waals surface area contributed by atoms with E-state index in [2.05, 4.69) is 0 Å². The predicted octanol–water partition coefficient (Wildman–Crippen LogP) is 1.18. The molecular weight excluding hydrogens is 204 g/mol. The van der Waals surface area contributed by atoms with Gasteiger partial charge in [-0.15, -0.1) is 0 Å². The van der Waals surface area contributed by atoms with Crippen molar-refractivity contribution in [2.24, 2.45) is 0 Å². The third kappa shape index (κ3) is 1.69. The number of carbonyl (C=O) groups excluding carboxylic acids is 2. The zero-order chi connectivity index (χ0) is 11.7. The summed E-state index contributed by atoms with van der Waals surface area (Å²) in [7, 11) is 3.82. The molecule has 2 amide bonds. The lowest BCUT2D eigenvalue weighted by molar-refractivity contribution is -0.119. The predicted molar refractivity (Wildman–Crippen MR) is 62.4 cm³/mol. The molecule has 0 bridgehead atoms. The molecule has 1 aromatic carbocycles. The Bertz CT molecular complexity index is 460. The first-order valence-corrected chi connectivity index (χ1v) is 4.93. The van der Waals surface area contributed by atoms with Gasteiger partial charge in [0.15, 0.2) is 0 Å². The lowest BCUT2D eigenvalue weighted by Crippen LogP contribution is -2.29. The van der Waals surface area contributed by atoms with Gasteiger partial charge in [0.05, 0.1) is 5.69 Å². The van der Waals surface area contributed by atoms with E-state index in [1.54, 1.807) is 6.07 Å². The van der Waals surface area contributed by atoms with E-state index >= 15 is 0 Å². The highest BCUT2D eigenvalue weighted by Crippen LogP contribution is 2.23. The summed E-state index contributed by atoms with van der Waals surface area (Å²) < 4.78 is 0. The molecule has 4 nitrogen and oxygen atoms in total. The van der Waals surface area contributed by atoms with Crippen molar-refractivity contribution in [2.45, 2.75) is 0 Å². The van der Waals surface area contributed by atoms with Crippen molar-refractivity contribution in [1.82, 2.24) is 0 Å². The van der Waals surface area contributed by atoms with E-state index in [4.69, 9.17) is 0 Å². The Balaban J connectivity index is 2.38. The summed E-state index contributed by atoms with van der Waals surface area (Å²) >= 11 is 0. The quantitative estimate of drug-likeness (QED) is 0.697. The normalized spacial score (nSPS) is 14.8. The lowest BCUT2D eigenvalue weighted by Gasteiger charge is -2.18. The molecule has 0 radical (unpaired) electrons. The molecule has 0 spiro atoms. The van der Waals surface area contributed by atoms with Crippen LogP contribution in [0.4, 0.5) is 11.4 Å². The number of hydrogen-bond donors (Lipinski definition) is 0. The molecule has 1 aromatic rings. The van der Waals surface area contributed by atoms with Crippen LogP contribution in [-0.2, 0) is 9.59 Å². The molecule has 0 saturated carbocycles. The van der Waals surface area contributed by atoms with Crippen LogP contribution in [0.25, 0.3) is 0 Å². The summed E-state index contributed by atoms with van der Waals surface area (Å²) in [4.78, 5) is 26.0. The molecule has 4 heteroatoms. The molecule has 1 aliphatic heterocycles. The van der Waals surface area contributed by atoms with Gasteiger partial charge in [0.1, 0.15) is 0 Å². The molecule has 0 saturated heterocycles. The molecular formula is C12H12N2O2. The first-order chi connectivity index (χ1) is 7.59. The van der Waals surface area contributed by atoms with Gasteiger partial charge in [-0.05, 0) is 18.2 Å². The number of rotatable bonds is 2. The van der Waals surface area contributed by atoms with Gasteiger partial charge in [0.25, 0.3) is 11.8 Å². The maximum absolute atomic E-state index is 11.5. The van der Waals surface area contributed by atoms with Gasteiger partial charge in [-0.2, -0.15) is 0 Å². The molecule has 0 N–H and O–H groups in total. The SMILES string of the molecule is CN(C)c1cccc(N2C(=O)C=CC2=O)c1. The fourth-order valence-corrected chi connectivity index (χ4v) is 1.57. The summed E-state index contributed by atoms with van der Waals surface area (Å²) in [6.07, 6.45) is 2.56. The van der Waals surface area contributed by atoms with Gasteiger partial charge in [-0.3, -0.25) is 9.59 Å². The minimum Gasteiger partial charge on any atom is -0.378 e. The van der Waals surface area contributed by atoms with Crippen LogP contribution in [0.2, 0.25) is 0 Å². The third-order valence-corrected chi connectivity index (χ3v) is 2.41. The first kappa shape index (κ1) is 10.4. The zero-order valence-electron chi connectivity index (χ0n) is 9.18. The lowest BCUT2D eigenvalue weighted by atomic mass is 10.2. The van der Waals surface area contributed by atoms with Crippen molar-refractivity contribution in [3.8, 4) is 0 Å². The fraction of sp³-hybridized carbons (Fsp3) is 0.167. The maximum atomic E-state index is 11.5. The maximum Gasteiger partial charge on any atom is 0.258 e. The van der Waals surface area contributed by atoms with Crippen molar-refractivity contribution in [3.63, 3.8) is 0 Å². The summed E-state index contributed by atoms with van der Waals surface area (Å²) in [5, 5.41) is 0. The summed E-state index contributed by atoms with van der Waals surface area (Å²) in [5.74, 6) is -0.582. The second-order valence-corrected chi connectivity index (χ2v) is 3.76. The van der Waals surface area contributed by atoms with E-state index in [1.807, 2.05) is 37.2 Å². The number of hydrogen-bond acceptors (Lipinski definition) is 3. The largest absolute Gasteiger partial charge is 0.378 e. The van der Waals surface area contributed by atoms with E-state index in [0.717, 1.165) is 10.6 Å². The highest BCUT2D eigenvalue weighted by Gasteiger charge is 2.25. The third-order valence-electron chi connectivity index (χ3n) is 2.41. The number of benzene rings is 1. The Hall–Kier alpha value is -2.10. The Labute approximate surface area is 93.8 Å². The molecule has 1 heterocycles. The molecule has 0 unspecified atom stereocenters. The number of carbonyl (C=O) groups is 2. The molecule has 82 valence electrons. The molecule has 0 fully saturated rings. The molecule has 0 atom stereocenters. The topological polar surface area (TPSA) is 40.6 Å². The van der Waals surface area contributed by atoms with Gasteiger partial charge in [-0.1, -0.05) is 6.07 Å². The summed E-state index contributed by atoms with van der Waals surface area (Å²) in [5.41, 5.74) is 1.55. The van der Waals surface area contributed by atoms with Crippen LogP contribution in [-0.4, -0.2) is 25.9 Å². The monoisotopic (exact) mass is 216 g/mol. The smallest absolute Gasteiger partial charge is 0.258 e. The highest BCUT2D eigenvalue weighted by atomic mass is 16.2. The Morgan fingerprint density at radius 3 is 2.25 bits per heavy atom. The average Bonchev–Trinajstić information content (AvgIpc) is 2.59. The van der Waals surface area contributed by atoms with E-state index in [-0.39, 0.29) is 11.8 Å². The van der Waals surface area contributed by atoms with Gasteiger partial charge >= 0.3 is 0 Å². The van der Waals surface area contributed by atoms with Crippen LogP contribution in [0.5, 0.6) is 0 Å². The van der Waals surface area contributed by atoms with Gasteiger partial charge in [0.2, 0.25) is 0 Å². The zero-order valence-corrected chi connectivity index (χ0v) is 9.18. The molecule has 0 aliphatic carbocycles. The minimum absolute atomic E-state index is 0.291. The van der Waals surface area contributed by atoms with Crippen LogP contribution in [0.1, 0.15) is 0 Å². The number of amides is 2. The van der Waals surface area contributed by atoms with E-state index < -0.39 is 0 Å². The molecule has 2 rings (SSSR count). The van der Waals surface area contributed by atoms with E-state index in [0.29, 0.717) is 5.69 Å². The fourth-order valence-electron chi connectivity index (χ4n) is 1.57. The number of imide groups is 1. The van der Waals surface area contributed by atoms with Crippen molar-refractivity contribution < 1.29 is 9.59 Å². The van der Waals surface area contributed by atoms with Gasteiger partial charge in [0, 0.05) is 31.9 Å². The van der Waals surface area contributed by atoms with Crippen molar-refractivity contribution in [1.29, 1.82) is 0 Å². The number of nitrogens with zero attached hydrogens (tertiary/aromatic N) is 2. The summed E-state index contributed by atoms with van der Waals surface area (Å²) in [6, 6.07) is 7.30. The van der Waals surface area contributed by atoms with Crippen molar-refractivity contribution in [2.75, 3.05) is 23.9 Å². The first-order valence-electron chi connectivity index (χ1n) is 4.93. The van der Waals surface area contributed by atoms with Crippen LogP contribution < -0.4 is 9.80 Å². The minimum atomic E-state index is -0.291. The van der Waals surface area contributed by atoms with Crippen LogP contribution in [0.3, 0.4) is 0 Å². The molecule has 0 aromatic heterocycles. The Morgan fingerprint density at radius 1 is 1.06 bits per heavy atom. The summed E-state index contributed by atoms with van der Waals surface area (Å²) in [6.45, 7) is 0. The van der Waals surface area contributed by atoms with Crippen LogP contribution in [0, 0.1) is 0 Å². The van der Waals surface area contributed by atoms with Gasteiger partial charge in [-0.25, -0.2) is 4.90 Å². The second-order valence-electron chi connectivity index (χ2n) is 3.76. The average molecular weight is 216 g/mol. The standard InChI is InChI=1S/C12H12N2O2/c1-13(2)9-4-3-5-10(8-9)14-11(15)6-7-12(14)16/h3-8H,1-2H3. The molecule has 16 heavy (non-hydrogen) atoms. The molecule has 1 aliphatic rings. The highest BCUT2D eigenvalue weighted by molar-refractivity contribution is 6.28. The van der Waals surface area contributed by atoms with Crippen LogP contribution in [0.15, 0.2) is 36.4 Å². The Morgan fingerprint density at radius 2 is 1.69 bits per heavy atom. The van der Waals surface area contributed by atoms with E-state index in [9.17, 15) is 9.59 Å². The van der Waals surface area contributed by atoms with E-state index in [1.165, 1.54) is 12.2 Å². The van der Waals surface area contributed by atoms with Crippen molar-refractivity contribution >= 4 is 23.2 Å². The van der Waals surface area contributed by atoms with Crippen molar-refractivity contribution in [3.05, 3.63) is 36.4 Å². The second kappa shape index (κ2) is 3.81. The van der Waals surface area contributed by atoms with Gasteiger partial charge < -0.3 is 4.90 Å². The number of anilines is 2.